The van der Waals surface area contributed by atoms with Crippen molar-refractivity contribution in [3.63, 3.8) is 0 Å². The van der Waals surface area contributed by atoms with Gasteiger partial charge in [-0.25, -0.2) is 0 Å². The van der Waals surface area contributed by atoms with Crippen molar-refractivity contribution in [2.75, 3.05) is 6.61 Å². The van der Waals surface area contributed by atoms with Crippen molar-refractivity contribution in [1.82, 2.24) is 0 Å². The van der Waals surface area contributed by atoms with E-state index in [1.165, 1.54) is 16.3 Å². The monoisotopic (exact) mass is 235 g/mol. The molecule has 2 rings (SSSR count). The second-order valence-electron chi connectivity index (χ2n) is 3.35. The molecule has 0 amide bonds. The van der Waals surface area contributed by atoms with Crippen molar-refractivity contribution in [2.45, 2.75) is 6.42 Å². The fourth-order valence-corrected chi connectivity index (χ4v) is 1.63. The first-order valence-electron chi connectivity index (χ1n) is 5.06. The first kappa shape index (κ1) is 12.9. The molecule has 5 nitrogen and oxygen atoms in total. The maximum absolute atomic E-state index is 8.88. The van der Waals surface area contributed by atoms with Crippen molar-refractivity contribution in [2.24, 2.45) is 0 Å². The summed E-state index contributed by atoms with van der Waals surface area (Å²) < 4.78 is 0. The second-order valence-corrected chi connectivity index (χ2v) is 3.35. The number of fused-ring (bicyclic) bond motifs is 1. The average molecular weight is 235 g/mol. The van der Waals surface area contributed by atoms with E-state index in [0.29, 0.717) is 0 Å². The Bertz CT molecular complexity index is 489. The van der Waals surface area contributed by atoms with Crippen LogP contribution in [0, 0.1) is 10.1 Å². The van der Waals surface area contributed by atoms with Crippen LogP contribution in [-0.2, 0) is 6.42 Å². The smallest absolute Gasteiger partial charge is 0.291 e. The number of nitrogens with zero attached hydrogens (tertiary/aromatic N) is 1. The molecule has 17 heavy (non-hydrogen) atoms. The van der Waals surface area contributed by atoms with Gasteiger partial charge in [0, 0.05) is 6.61 Å². The molecule has 0 aliphatic heterocycles. The Balaban J connectivity index is 0.000000317. The van der Waals surface area contributed by atoms with Crippen LogP contribution in [-0.4, -0.2) is 22.0 Å². The first-order chi connectivity index (χ1) is 8.15. The first-order valence-corrected chi connectivity index (χ1v) is 5.06. The normalized spacial score (nSPS) is 9.47. The largest absolute Gasteiger partial charge is 0.396 e. The van der Waals surface area contributed by atoms with Crippen molar-refractivity contribution in [3.8, 4) is 0 Å². The summed E-state index contributed by atoms with van der Waals surface area (Å²) in [6.45, 7) is 0.216. The summed E-state index contributed by atoms with van der Waals surface area (Å²) in [5, 5.41) is 25.0. The molecule has 0 fully saturated rings. The molecule has 0 saturated carbocycles. The molecular weight excluding hydrogens is 222 g/mol. The van der Waals surface area contributed by atoms with Gasteiger partial charge in [0.1, 0.15) is 0 Å². The highest BCUT2D eigenvalue weighted by Crippen LogP contribution is 2.18. The minimum atomic E-state index is -1.50. The van der Waals surface area contributed by atoms with Crippen molar-refractivity contribution >= 4 is 10.8 Å². The van der Waals surface area contributed by atoms with E-state index < -0.39 is 5.09 Å². The Labute approximate surface area is 98.0 Å². The van der Waals surface area contributed by atoms with E-state index in [9.17, 15) is 0 Å². The van der Waals surface area contributed by atoms with Crippen LogP contribution < -0.4 is 0 Å². The van der Waals surface area contributed by atoms with E-state index >= 15 is 0 Å². The zero-order valence-corrected chi connectivity index (χ0v) is 9.11. The molecule has 90 valence electrons. The number of hydrogen-bond acceptors (Lipinski definition) is 3. The topological polar surface area (TPSA) is 83.6 Å². The van der Waals surface area contributed by atoms with Crippen LogP contribution in [0.1, 0.15) is 5.56 Å². The van der Waals surface area contributed by atoms with E-state index in [1.54, 1.807) is 0 Å². The van der Waals surface area contributed by atoms with E-state index in [1.807, 2.05) is 18.2 Å². The summed E-state index contributed by atoms with van der Waals surface area (Å²) >= 11 is 0. The summed E-state index contributed by atoms with van der Waals surface area (Å²) in [4.78, 5) is 8.36. The van der Waals surface area contributed by atoms with Crippen LogP contribution >= 0.6 is 0 Å². The second kappa shape index (κ2) is 6.44. The third-order valence-electron chi connectivity index (χ3n) is 2.26. The van der Waals surface area contributed by atoms with Crippen LogP contribution in [0.4, 0.5) is 0 Å². The molecule has 2 aromatic rings. The molecule has 0 aromatic heterocycles. The molecular formula is C12H13NO4. The van der Waals surface area contributed by atoms with Gasteiger partial charge in [0.2, 0.25) is 0 Å². The maximum Gasteiger partial charge on any atom is 0.291 e. The SMILES string of the molecule is O=[N+]([O-])O.OCCc1cccc2ccccc12. The van der Waals surface area contributed by atoms with E-state index in [2.05, 4.69) is 24.3 Å². The molecule has 0 saturated heterocycles. The predicted octanol–water partition coefficient (Wildman–Crippen LogP) is 2.03. The standard InChI is InChI=1S/C12H12O.HNO3/c13-9-8-11-6-3-5-10-4-1-2-7-12(10)11;2-1(3)4/h1-7,13H,8-9H2;(H,2,3,4). The highest BCUT2D eigenvalue weighted by Gasteiger charge is 1.97. The van der Waals surface area contributed by atoms with Crippen molar-refractivity contribution < 1.29 is 15.4 Å². The summed E-state index contributed by atoms with van der Waals surface area (Å²) in [6, 6.07) is 14.5. The number of aliphatic hydroxyl groups excluding tert-OH is 1. The molecule has 5 heteroatoms. The van der Waals surface area contributed by atoms with E-state index in [4.69, 9.17) is 20.4 Å². The molecule has 0 aliphatic rings. The molecule has 0 heterocycles. The predicted molar refractivity (Wildman–Crippen MR) is 63.5 cm³/mol. The van der Waals surface area contributed by atoms with Crippen LogP contribution in [0.2, 0.25) is 0 Å². The van der Waals surface area contributed by atoms with E-state index in [-0.39, 0.29) is 6.61 Å². The van der Waals surface area contributed by atoms with Crippen LogP contribution in [0.5, 0.6) is 0 Å². The van der Waals surface area contributed by atoms with Gasteiger partial charge in [-0.15, -0.1) is 10.1 Å². The van der Waals surface area contributed by atoms with Gasteiger partial charge in [0.25, 0.3) is 5.09 Å². The number of benzene rings is 2. The minimum Gasteiger partial charge on any atom is -0.396 e. The summed E-state index contributed by atoms with van der Waals surface area (Å²) in [5.74, 6) is 0. The Morgan fingerprint density at radius 3 is 2.35 bits per heavy atom. The minimum absolute atomic E-state index is 0.216. The van der Waals surface area contributed by atoms with E-state index in [0.717, 1.165) is 6.42 Å². The Hall–Kier alpha value is -2.14. The van der Waals surface area contributed by atoms with Gasteiger partial charge in [-0.1, -0.05) is 42.5 Å². The van der Waals surface area contributed by atoms with Gasteiger partial charge in [-0.3, -0.25) is 0 Å². The zero-order chi connectivity index (χ0) is 12.7. The van der Waals surface area contributed by atoms with Gasteiger partial charge in [0.15, 0.2) is 0 Å². The van der Waals surface area contributed by atoms with Crippen molar-refractivity contribution in [3.05, 3.63) is 58.1 Å². The lowest BCUT2D eigenvalue weighted by molar-refractivity contribution is -0.742. The third kappa shape index (κ3) is 4.08. The van der Waals surface area contributed by atoms with Crippen LogP contribution in [0.25, 0.3) is 10.8 Å². The highest BCUT2D eigenvalue weighted by molar-refractivity contribution is 5.85. The zero-order valence-electron chi connectivity index (χ0n) is 9.11. The fraction of sp³-hybridized carbons (Fsp3) is 0.167. The average Bonchev–Trinajstić information content (AvgIpc) is 2.29. The number of hydrogen-bond donors (Lipinski definition) is 2. The Morgan fingerprint density at radius 2 is 1.71 bits per heavy atom. The summed E-state index contributed by atoms with van der Waals surface area (Å²) in [5.41, 5.74) is 1.22. The molecule has 0 atom stereocenters. The van der Waals surface area contributed by atoms with Gasteiger partial charge >= 0.3 is 0 Å². The third-order valence-corrected chi connectivity index (χ3v) is 2.26. The van der Waals surface area contributed by atoms with Gasteiger partial charge < -0.3 is 10.3 Å². The number of rotatable bonds is 2. The molecule has 2 aromatic carbocycles. The number of aliphatic hydroxyl groups is 1. The molecule has 0 bridgehead atoms. The van der Waals surface area contributed by atoms with Crippen LogP contribution in [0.15, 0.2) is 42.5 Å². The molecule has 0 spiro atoms. The lowest BCUT2D eigenvalue weighted by Crippen LogP contribution is -1.91. The molecule has 0 aliphatic carbocycles. The Morgan fingerprint density at radius 1 is 1.12 bits per heavy atom. The molecule has 0 unspecified atom stereocenters. The highest BCUT2D eigenvalue weighted by atomic mass is 16.9. The molecule has 2 N–H and O–H groups in total. The van der Waals surface area contributed by atoms with Crippen molar-refractivity contribution in [1.29, 1.82) is 0 Å². The summed E-state index contributed by atoms with van der Waals surface area (Å²) in [6.07, 6.45) is 0.737. The van der Waals surface area contributed by atoms with Gasteiger partial charge in [-0.05, 0) is 22.8 Å². The van der Waals surface area contributed by atoms with Gasteiger partial charge in [-0.2, -0.15) is 0 Å². The lowest BCUT2D eigenvalue weighted by Gasteiger charge is -2.03. The Kier molecular flexibility index (Phi) is 4.90. The maximum atomic E-state index is 8.88. The molecule has 0 radical (unpaired) electrons. The lowest BCUT2D eigenvalue weighted by atomic mass is 10.0. The van der Waals surface area contributed by atoms with Gasteiger partial charge in [0.05, 0.1) is 0 Å². The fourth-order valence-electron chi connectivity index (χ4n) is 1.63. The van der Waals surface area contributed by atoms with Crippen LogP contribution in [0.3, 0.4) is 0 Å². The quantitative estimate of drug-likeness (QED) is 0.616. The summed E-state index contributed by atoms with van der Waals surface area (Å²) in [7, 11) is 0.